The van der Waals surface area contributed by atoms with Gasteiger partial charge in [0.25, 0.3) is 6.43 Å². The van der Waals surface area contributed by atoms with E-state index in [9.17, 15) is 8.78 Å². The first-order valence-electron chi connectivity index (χ1n) is 6.58. The van der Waals surface area contributed by atoms with Crippen molar-refractivity contribution in [1.29, 1.82) is 0 Å². The van der Waals surface area contributed by atoms with Gasteiger partial charge in [-0.2, -0.15) is 0 Å². The van der Waals surface area contributed by atoms with Gasteiger partial charge in [-0.1, -0.05) is 0 Å². The van der Waals surface area contributed by atoms with Gasteiger partial charge in [-0.25, -0.2) is 8.78 Å². The molecule has 0 spiro atoms. The molecule has 5 heteroatoms. The van der Waals surface area contributed by atoms with E-state index in [0.717, 1.165) is 19.4 Å². The quantitative estimate of drug-likeness (QED) is 0.836. The zero-order chi connectivity index (χ0) is 13.8. The number of hydrogen-bond donors (Lipinski definition) is 1. The van der Waals surface area contributed by atoms with Crippen LogP contribution in [0.15, 0.2) is 18.2 Å². The van der Waals surface area contributed by atoms with Crippen LogP contribution in [0.2, 0.25) is 0 Å². The lowest BCUT2D eigenvalue weighted by Gasteiger charge is -2.20. The highest BCUT2D eigenvalue weighted by atomic mass is 19.3. The highest BCUT2D eigenvalue weighted by Crippen LogP contribution is 2.31. The fourth-order valence-corrected chi connectivity index (χ4v) is 2.52. The Hall–Kier alpha value is -1.36. The summed E-state index contributed by atoms with van der Waals surface area (Å²) in [6.07, 6.45) is 0.658. The smallest absolute Gasteiger partial charge is 0.267 e. The van der Waals surface area contributed by atoms with Crippen molar-refractivity contribution in [3.63, 3.8) is 0 Å². The average molecular weight is 270 g/mol. The molecule has 1 aromatic carbocycles. The molecule has 3 nitrogen and oxygen atoms in total. The Kier molecular flexibility index (Phi) is 4.58. The van der Waals surface area contributed by atoms with Gasteiger partial charge in [0.05, 0.1) is 12.2 Å². The lowest BCUT2D eigenvalue weighted by atomic mass is 10.1. The number of likely N-dealkylation sites (tertiary alicyclic amines) is 1. The van der Waals surface area contributed by atoms with E-state index in [1.807, 2.05) is 0 Å². The molecule has 0 aromatic heterocycles. The third kappa shape index (κ3) is 3.56. The van der Waals surface area contributed by atoms with E-state index < -0.39 is 6.43 Å². The van der Waals surface area contributed by atoms with Crippen LogP contribution >= 0.6 is 0 Å². The number of benzene rings is 1. The van der Waals surface area contributed by atoms with E-state index in [-0.39, 0.29) is 11.3 Å². The van der Waals surface area contributed by atoms with Gasteiger partial charge in [-0.15, -0.1) is 0 Å². The van der Waals surface area contributed by atoms with Crippen LogP contribution in [-0.4, -0.2) is 31.1 Å². The van der Waals surface area contributed by atoms with E-state index in [1.165, 1.54) is 18.6 Å². The molecule has 1 aromatic rings. The van der Waals surface area contributed by atoms with E-state index in [2.05, 4.69) is 11.9 Å². The molecule has 1 aliphatic rings. The average Bonchev–Trinajstić information content (AvgIpc) is 2.77. The number of alkyl halides is 2. The highest BCUT2D eigenvalue weighted by Gasteiger charge is 2.21. The normalized spacial score (nSPS) is 20.1. The van der Waals surface area contributed by atoms with Crippen molar-refractivity contribution in [2.24, 2.45) is 0 Å². The maximum Gasteiger partial charge on any atom is 0.267 e. The van der Waals surface area contributed by atoms with Gasteiger partial charge in [0.15, 0.2) is 0 Å². The second-order valence-corrected chi connectivity index (χ2v) is 5.01. The first kappa shape index (κ1) is 14.1. The SMILES string of the molecule is CN1CCCC1CCOc1ccc(N)cc1C(F)F. The molecule has 1 unspecified atom stereocenters. The monoisotopic (exact) mass is 270 g/mol. The first-order chi connectivity index (χ1) is 9.08. The van der Waals surface area contributed by atoms with Crippen LogP contribution in [0.3, 0.4) is 0 Å². The number of anilines is 1. The lowest BCUT2D eigenvalue weighted by Crippen LogP contribution is -2.26. The van der Waals surface area contributed by atoms with Crippen molar-refractivity contribution in [2.45, 2.75) is 31.7 Å². The number of nitrogens with zero attached hydrogens (tertiary/aromatic N) is 1. The summed E-state index contributed by atoms with van der Waals surface area (Å²) >= 11 is 0. The molecular weight excluding hydrogens is 250 g/mol. The molecule has 1 heterocycles. The fourth-order valence-electron chi connectivity index (χ4n) is 2.52. The first-order valence-corrected chi connectivity index (χ1v) is 6.58. The predicted octanol–water partition coefficient (Wildman–Crippen LogP) is 3.07. The summed E-state index contributed by atoms with van der Waals surface area (Å²) in [5.41, 5.74) is 5.72. The van der Waals surface area contributed by atoms with E-state index in [0.29, 0.717) is 18.3 Å². The topological polar surface area (TPSA) is 38.5 Å². The van der Waals surface area contributed by atoms with Crippen LogP contribution in [0.1, 0.15) is 31.3 Å². The zero-order valence-electron chi connectivity index (χ0n) is 11.1. The van der Waals surface area contributed by atoms with Gasteiger partial charge in [-0.05, 0) is 51.1 Å². The van der Waals surface area contributed by atoms with E-state index in [1.54, 1.807) is 6.07 Å². The Morgan fingerprint density at radius 2 is 2.26 bits per heavy atom. The summed E-state index contributed by atoms with van der Waals surface area (Å²) < 4.78 is 31.2. The number of nitrogen functional groups attached to an aromatic ring is 1. The molecule has 1 fully saturated rings. The molecule has 1 aliphatic heterocycles. The highest BCUT2D eigenvalue weighted by molar-refractivity contribution is 5.48. The summed E-state index contributed by atoms with van der Waals surface area (Å²) in [4.78, 5) is 2.29. The Labute approximate surface area is 112 Å². The van der Waals surface area contributed by atoms with Crippen LogP contribution in [-0.2, 0) is 0 Å². The lowest BCUT2D eigenvalue weighted by molar-refractivity contribution is 0.143. The van der Waals surface area contributed by atoms with Crippen LogP contribution in [0, 0.1) is 0 Å². The molecule has 0 aliphatic carbocycles. The summed E-state index contributed by atoms with van der Waals surface area (Å²) in [6.45, 7) is 1.56. The largest absolute Gasteiger partial charge is 0.493 e. The molecule has 0 radical (unpaired) electrons. The molecule has 106 valence electrons. The number of ether oxygens (including phenoxy) is 1. The van der Waals surface area contributed by atoms with E-state index in [4.69, 9.17) is 10.5 Å². The second-order valence-electron chi connectivity index (χ2n) is 5.01. The standard InChI is InChI=1S/C14H20F2N2O/c1-18-7-2-3-11(18)6-8-19-13-5-4-10(17)9-12(13)14(15)16/h4-5,9,11,14H,2-3,6-8,17H2,1H3. The third-order valence-corrected chi connectivity index (χ3v) is 3.65. The van der Waals surface area contributed by atoms with Gasteiger partial charge < -0.3 is 15.4 Å². The van der Waals surface area contributed by atoms with Gasteiger partial charge in [0.2, 0.25) is 0 Å². The Balaban J connectivity index is 1.92. The minimum Gasteiger partial charge on any atom is -0.493 e. The molecule has 2 N–H and O–H groups in total. The summed E-state index contributed by atoms with van der Waals surface area (Å²) in [7, 11) is 2.09. The Morgan fingerprint density at radius 1 is 1.47 bits per heavy atom. The number of hydrogen-bond acceptors (Lipinski definition) is 3. The Morgan fingerprint density at radius 3 is 2.89 bits per heavy atom. The van der Waals surface area contributed by atoms with Crippen molar-refractivity contribution < 1.29 is 13.5 Å². The maximum atomic E-state index is 12.9. The molecular formula is C14H20F2N2O. The molecule has 0 amide bonds. The molecule has 1 saturated heterocycles. The van der Waals surface area contributed by atoms with Crippen molar-refractivity contribution in [3.05, 3.63) is 23.8 Å². The summed E-state index contributed by atoms with van der Waals surface area (Å²) in [6, 6.07) is 4.89. The van der Waals surface area contributed by atoms with E-state index >= 15 is 0 Å². The minimum absolute atomic E-state index is 0.125. The number of halogens is 2. The number of rotatable bonds is 5. The maximum absolute atomic E-state index is 12.9. The zero-order valence-corrected chi connectivity index (χ0v) is 11.1. The number of nitrogens with two attached hydrogens (primary N) is 1. The molecule has 0 saturated carbocycles. The van der Waals surface area contributed by atoms with Crippen LogP contribution in [0.4, 0.5) is 14.5 Å². The molecule has 2 rings (SSSR count). The minimum atomic E-state index is -2.56. The predicted molar refractivity (Wildman–Crippen MR) is 71.6 cm³/mol. The van der Waals surface area contributed by atoms with Crippen molar-refractivity contribution in [2.75, 3.05) is 25.9 Å². The third-order valence-electron chi connectivity index (χ3n) is 3.65. The van der Waals surface area contributed by atoms with Gasteiger partial charge in [0.1, 0.15) is 5.75 Å². The van der Waals surface area contributed by atoms with Gasteiger partial charge >= 0.3 is 0 Å². The van der Waals surface area contributed by atoms with Crippen LogP contribution < -0.4 is 10.5 Å². The summed E-state index contributed by atoms with van der Waals surface area (Å²) in [5.74, 6) is 0.241. The van der Waals surface area contributed by atoms with Crippen molar-refractivity contribution in [3.8, 4) is 5.75 Å². The fraction of sp³-hybridized carbons (Fsp3) is 0.571. The van der Waals surface area contributed by atoms with Crippen LogP contribution in [0.5, 0.6) is 5.75 Å². The van der Waals surface area contributed by atoms with Gasteiger partial charge in [-0.3, -0.25) is 0 Å². The summed E-state index contributed by atoms with van der Waals surface area (Å²) in [5, 5.41) is 0. The molecule has 1 atom stereocenters. The van der Waals surface area contributed by atoms with Crippen molar-refractivity contribution >= 4 is 5.69 Å². The van der Waals surface area contributed by atoms with Crippen LogP contribution in [0.25, 0.3) is 0 Å². The Bertz CT molecular complexity index is 426. The molecule has 0 bridgehead atoms. The molecule has 19 heavy (non-hydrogen) atoms. The van der Waals surface area contributed by atoms with Crippen molar-refractivity contribution in [1.82, 2.24) is 4.90 Å². The van der Waals surface area contributed by atoms with Gasteiger partial charge in [0, 0.05) is 11.7 Å². The second kappa shape index (κ2) is 6.19.